The van der Waals surface area contributed by atoms with Crippen molar-refractivity contribution in [1.82, 2.24) is 0 Å². The molecule has 0 aliphatic carbocycles. The molecule has 4 nitrogen and oxygen atoms in total. The first kappa shape index (κ1) is 15.3. The highest BCUT2D eigenvalue weighted by atomic mass is 16.2. The summed E-state index contributed by atoms with van der Waals surface area (Å²) in [5.41, 5.74) is 4.92. The van der Waals surface area contributed by atoms with Crippen LogP contribution in [0.2, 0.25) is 0 Å². The molecule has 1 heterocycles. The van der Waals surface area contributed by atoms with E-state index >= 15 is 0 Å². The zero-order chi connectivity index (χ0) is 16.4. The van der Waals surface area contributed by atoms with Gasteiger partial charge in [-0.1, -0.05) is 35.9 Å². The fourth-order valence-corrected chi connectivity index (χ4v) is 2.96. The number of rotatable bonds is 3. The van der Waals surface area contributed by atoms with E-state index in [0.29, 0.717) is 6.42 Å². The number of nitrogens with zero attached hydrogens (tertiary/aromatic N) is 1. The van der Waals surface area contributed by atoms with E-state index < -0.39 is 0 Å². The number of benzene rings is 2. The Morgan fingerprint density at radius 1 is 1.13 bits per heavy atom. The minimum Gasteiger partial charge on any atom is -0.324 e. The molecule has 0 aromatic heterocycles. The number of hydrogen-bond acceptors (Lipinski definition) is 2. The molecule has 4 heteroatoms. The third kappa shape index (κ3) is 3.26. The van der Waals surface area contributed by atoms with E-state index in [-0.39, 0.29) is 18.4 Å². The Morgan fingerprint density at radius 3 is 2.70 bits per heavy atom. The van der Waals surface area contributed by atoms with Gasteiger partial charge < -0.3 is 10.2 Å². The second-order valence-electron chi connectivity index (χ2n) is 5.98. The highest BCUT2D eigenvalue weighted by molar-refractivity contribution is 6.04. The van der Waals surface area contributed by atoms with Crippen molar-refractivity contribution in [2.45, 2.75) is 26.7 Å². The first-order valence-corrected chi connectivity index (χ1v) is 7.80. The molecule has 0 unspecified atom stereocenters. The first-order valence-electron chi connectivity index (χ1n) is 7.80. The van der Waals surface area contributed by atoms with Crippen LogP contribution in [0.5, 0.6) is 0 Å². The average molecular weight is 308 g/mol. The first-order chi connectivity index (χ1) is 11.0. The van der Waals surface area contributed by atoms with Crippen molar-refractivity contribution in [2.75, 3.05) is 16.8 Å². The number of fused-ring (bicyclic) bond motifs is 1. The summed E-state index contributed by atoms with van der Waals surface area (Å²) < 4.78 is 0. The molecule has 0 fully saturated rings. The molecular weight excluding hydrogens is 288 g/mol. The molecule has 0 spiro atoms. The molecule has 0 bridgehead atoms. The zero-order valence-corrected chi connectivity index (χ0v) is 13.4. The second kappa shape index (κ2) is 6.24. The van der Waals surface area contributed by atoms with Crippen LogP contribution in [0.1, 0.15) is 23.1 Å². The zero-order valence-electron chi connectivity index (χ0n) is 13.4. The molecule has 2 amide bonds. The van der Waals surface area contributed by atoms with Crippen molar-refractivity contribution in [3.63, 3.8) is 0 Å². The molecule has 3 rings (SSSR count). The molecule has 2 aromatic carbocycles. The lowest BCUT2D eigenvalue weighted by molar-refractivity contribution is -0.121. The minimum absolute atomic E-state index is 0.000483. The molecule has 118 valence electrons. The summed E-state index contributed by atoms with van der Waals surface area (Å²) in [6.07, 6.45) is 1.19. The number of amides is 2. The van der Waals surface area contributed by atoms with Gasteiger partial charge in [-0.15, -0.1) is 0 Å². The van der Waals surface area contributed by atoms with E-state index in [1.165, 1.54) is 0 Å². The lowest BCUT2D eigenvalue weighted by Crippen LogP contribution is -2.40. The van der Waals surface area contributed by atoms with Crippen LogP contribution >= 0.6 is 0 Å². The Hall–Kier alpha value is -2.62. The molecule has 1 aliphatic heterocycles. The van der Waals surface area contributed by atoms with Gasteiger partial charge in [0.15, 0.2) is 0 Å². The molecule has 1 aliphatic rings. The maximum Gasteiger partial charge on any atom is 0.244 e. The summed E-state index contributed by atoms with van der Waals surface area (Å²) in [6, 6.07) is 13.7. The van der Waals surface area contributed by atoms with Crippen molar-refractivity contribution >= 4 is 23.2 Å². The summed E-state index contributed by atoms with van der Waals surface area (Å²) in [5, 5.41) is 2.90. The van der Waals surface area contributed by atoms with Crippen LogP contribution in [0.4, 0.5) is 11.4 Å². The van der Waals surface area contributed by atoms with E-state index in [4.69, 9.17) is 0 Å². The van der Waals surface area contributed by atoms with Crippen molar-refractivity contribution in [2.24, 2.45) is 0 Å². The van der Waals surface area contributed by atoms with Crippen LogP contribution in [-0.2, 0) is 16.0 Å². The number of hydrogen-bond donors (Lipinski definition) is 1. The van der Waals surface area contributed by atoms with Gasteiger partial charge >= 0.3 is 0 Å². The quantitative estimate of drug-likeness (QED) is 0.946. The highest BCUT2D eigenvalue weighted by Gasteiger charge is 2.25. The molecule has 23 heavy (non-hydrogen) atoms. The van der Waals surface area contributed by atoms with Gasteiger partial charge in [0.1, 0.15) is 6.54 Å². The smallest absolute Gasteiger partial charge is 0.244 e. The van der Waals surface area contributed by atoms with Gasteiger partial charge in [0, 0.05) is 17.8 Å². The van der Waals surface area contributed by atoms with Crippen LogP contribution in [0.3, 0.4) is 0 Å². The van der Waals surface area contributed by atoms with Crippen LogP contribution in [-0.4, -0.2) is 18.4 Å². The Morgan fingerprint density at radius 2 is 1.91 bits per heavy atom. The van der Waals surface area contributed by atoms with E-state index in [2.05, 4.69) is 5.32 Å². The number of anilines is 2. The van der Waals surface area contributed by atoms with Crippen molar-refractivity contribution in [1.29, 1.82) is 0 Å². The third-order valence-electron chi connectivity index (χ3n) is 4.15. The average Bonchev–Trinajstić information content (AvgIpc) is 2.53. The number of carbonyl (C=O) groups excluding carboxylic acids is 2. The maximum atomic E-state index is 12.4. The number of aryl methyl sites for hydroxylation is 3. The Balaban J connectivity index is 1.76. The number of para-hydroxylation sites is 1. The normalized spacial score (nSPS) is 13.7. The maximum absolute atomic E-state index is 12.4. The van der Waals surface area contributed by atoms with Crippen molar-refractivity contribution in [3.05, 3.63) is 59.2 Å². The molecule has 0 saturated carbocycles. The Bertz CT molecular complexity index is 768. The molecule has 0 saturated heterocycles. The van der Waals surface area contributed by atoms with Gasteiger partial charge in [-0.25, -0.2) is 0 Å². The molecule has 0 atom stereocenters. The second-order valence-corrected chi connectivity index (χ2v) is 5.98. The van der Waals surface area contributed by atoms with Gasteiger partial charge in [0.25, 0.3) is 0 Å². The molecule has 0 radical (unpaired) electrons. The number of nitrogens with one attached hydrogen (secondary N) is 1. The van der Waals surface area contributed by atoms with E-state index in [0.717, 1.165) is 34.5 Å². The number of carbonyl (C=O) groups is 2. The molecule has 1 N–H and O–H groups in total. The monoisotopic (exact) mass is 308 g/mol. The van der Waals surface area contributed by atoms with Crippen LogP contribution in [0, 0.1) is 13.8 Å². The summed E-state index contributed by atoms with van der Waals surface area (Å²) >= 11 is 0. The van der Waals surface area contributed by atoms with Gasteiger partial charge in [-0.2, -0.15) is 0 Å². The summed E-state index contributed by atoms with van der Waals surface area (Å²) in [6.45, 7) is 4.02. The lowest BCUT2D eigenvalue weighted by Gasteiger charge is -2.28. The van der Waals surface area contributed by atoms with Crippen molar-refractivity contribution < 1.29 is 9.59 Å². The van der Waals surface area contributed by atoms with Crippen LogP contribution in [0.15, 0.2) is 42.5 Å². The summed E-state index contributed by atoms with van der Waals surface area (Å²) in [5.74, 6) is -0.179. The third-order valence-corrected chi connectivity index (χ3v) is 4.15. The Kier molecular flexibility index (Phi) is 4.15. The lowest BCUT2D eigenvalue weighted by atomic mass is 10.0. The molecule has 2 aromatic rings. The minimum atomic E-state index is -0.179. The SMILES string of the molecule is Cc1ccc(NC(=O)CN2C(=O)CCc3ccccc32)c(C)c1. The summed E-state index contributed by atoms with van der Waals surface area (Å²) in [7, 11) is 0. The highest BCUT2D eigenvalue weighted by Crippen LogP contribution is 2.27. The van der Waals surface area contributed by atoms with Gasteiger partial charge in [-0.05, 0) is 43.5 Å². The van der Waals surface area contributed by atoms with E-state index in [1.807, 2.05) is 56.3 Å². The van der Waals surface area contributed by atoms with Gasteiger partial charge in [0.2, 0.25) is 11.8 Å². The standard InChI is InChI=1S/C19H20N2O2/c1-13-7-9-16(14(2)11-13)20-18(22)12-21-17-6-4-3-5-15(17)8-10-19(21)23/h3-7,9,11H,8,10,12H2,1-2H3,(H,20,22). The Labute approximate surface area is 136 Å². The van der Waals surface area contributed by atoms with Crippen molar-refractivity contribution in [3.8, 4) is 0 Å². The fourth-order valence-electron chi connectivity index (χ4n) is 2.96. The van der Waals surface area contributed by atoms with E-state index in [9.17, 15) is 9.59 Å². The largest absolute Gasteiger partial charge is 0.324 e. The topological polar surface area (TPSA) is 49.4 Å². The van der Waals surface area contributed by atoms with E-state index in [1.54, 1.807) is 4.90 Å². The van der Waals surface area contributed by atoms with Crippen LogP contribution < -0.4 is 10.2 Å². The predicted octanol–water partition coefficient (Wildman–Crippen LogP) is 3.22. The summed E-state index contributed by atoms with van der Waals surface area (Å²) in [4.78, 5) is 26.2. The van der Waals surface area contributed by atoms with Gasteiger partial charge in [-0.3, -0.25) is 9.59 Å². The predicted molar refractivity (Wildman–Crippen MR) is 91.7 cm³/mol. The fraction of sp³-hybridized carbons (Fsp3) is 0.263. The molecular formula is C19H20N2O2. The van der Waals surface area contributed by atoms with Gasteiger partial charge in [0.05, 0.1) is 0 Å². The van der Waals surface area contributed by atoms with Crippen LogP contribution in [0.25, 0.3) is 0 Å².